The van der Waals surface area contributed by atoms with Crippen molar-refractivity contribution in [1.29, 1.82) is 0 Å². The number of nitrogens with two attached hydrogens (primary N) is 1. The highest BCUT2D eigenvalue weighted by molar-refractivity contribution is 5.98. The number of benzene rings is 2. The summed E-state index contributed by atoms with van der Waals surface area (Å²) in [5, 5.41) is 2.99. The van der Waals surface area contributed by atoms with Gasteiger partial charge in [0.1, 0.15) is 0 Å². The van der Waals surface area contributed by atoms with E-state index >= 15 is 0 Å². The lowest BCUT2D eigenvalue weighted by Crippen LogP contribution is -2.52. The molecule has 3 N–H and O–H groups in total. The lowest BCUT2D eigenvalue weighted by Gasteiger charge is -2.31. The summed E-state index contributed by atoms with van der Waals surface area (Å²) in [5.74, 6) is -0.0701. The van der Waals surface area contributed by atoms with Gasteiger partial charge in [-0.3, -0.25) is 4.79 Å². The largest absolute Gasteiger partial charge is 0.376 e. The molecule has 1 aliphatic carbocycles. The van der Waals surface area contributed by atoms with Crippen molar-refractivity contribution >= 4 is 24.0 Å². The van der Waals surface area contributed by atoms with E-state index in [0.29, 0.717) is 13.2 Å². The average Bonchev–Trinajstić information content (AvgIpc) is 2.67. The number of carbonyl (C=O) groups is 1. The molecule has 0 spiro atoms. The van der Waals surface area contributed by atoms with Gasteiger partial charge in [0.05, 0.1) is 18.8 Å². The molecule has 4 nitrogen and oxygen atoms in total. The molecule has 2 aromatic carbocycles. The summed E-state index contributed by atoms with van der Waals surface area (Å²) in [5.41, 5.74) is 8.69. The molecule has 0 aliphatic heterocycles. The van der Waals surface area contributed by atoms with Crippen LogP contribution in [0.25, 0.3) is 0 Å². The SMILES string of the molecule is Cl.NC1(C(=O)Nc2cccc(COCCc3ccccc3)c2)CCCCC1. The van der Waals surface area contributed by atoms with Gasteiger partial charge in [-0.25, -0.2) is 0 Å². The predicted molar refractivity (Wildman–Crippen MR) is 112 cm³/mol. The molecule has 1 saturated carbocycles. The molecule has 146 valence electrons. The fraction of sp³-hybridized carbons (Fsp3) is 0.409. The molecular weight excluding hydrogens is 360 g/mol. The minimum Gasteiger partial charge on any atom is -0.376 e. The van der Waals surface area contributed by atoms with Crippen molar-refractivity contribution in [3.8, 4) is 0 Å². The second kappa shape index (κ2) is 10.5. The Balaban J connectivity index is 0.00000261. The zero-order valence-electron chi connectivity index (χ0n) is 15.7. The van der Waals surface area contributed by atoms with Crippen LogP contribution in [0.1, 0.15) is 43.2 Å². The molecule has 3 rings (SSSR count). The number of halogens is 1. The fourth-order valence-corrected chi connectivity index (χ4v) is 3.43. The summed E-state index contributed by atoms with van der Waals surface area (Å²) in [6, 6.07) is 18.1. The molecular formula is C22H29ClN2O2. The molecule has 1 aliphatic rings. The van der Waals surface area contributed by atoms with E-state index in [1.165, 1.54) is 12.0 Å². The molecule has 0 unspecified atom stereocenters. The zero-order chi connectivity index (χ0) is 18.2. The number of hydrogen-bond donors (Lipinski definition) is 2. The van der Waals surface area contributed by atoms with E-state index in [9.17, 15) is 4.79 Å². The first-order valence-corrected chi connectivity index (χ1v) is 9.47. The Morgan fingerprint density at radius 1 is 1.00 bits per heavy atom. The van der Waals surface area contributed by atoms with Gasteiger partial charge in [0.2, 0.25) is 5.91 Å². The number of hydrogen-bond acceptors (Lipinski definition) is 3. The van der Waals surface area contributed by atoms with Crippen LogP contribution in [-0.2, 0) is 22.6 Å². The molecule has 0 radical (unpaired) electrons. The van der Waals surface area contributed by atoms with E-state index in [-0.39, 0.29) is 18.3 Å². The van der Waals surface area contributed by atoms with Crippen LogP contribution >= 0.6 is 12.4 Å². The van der Waals surface area contributed by atoms with E-state index in [2.05, 4.69) is 17.4 Å². The van der Waals surface area contributed by atoms with Crippen molar-refractivity contribution in [2.75, 3.05) is 11.9 Å². The monoisotopic (exact) mass is 388 g/mol. The number of rotatable bonds is 7. The number of carbonyl (C=O) groups excluding carboxylic acids is 1. The number of amides is 1. The van der Waals surface area contributed by atoms with Crippen LogP contribution in [0.5, 0.6) is 0 Å². The third kappa shape index (κ3) is 6.35. The quantitative estimate of drug-likeness (QED) is 0.688. The smallest absolute Gasteiger partial charge is 0.244 e. The summed E-state index contributed by atoms with van der Waals surface area (Å²) in [4.78, 5) is 12.6. The fourth-order valence-electron chi connectivity index (χ4n) is 3.43. The van der Waals surface area contributed by atoms with Gasteiger partial charge in [-0.05, 0) is 42.5 Å². The third-order valence-corrected chi connectivity index (χ3v) is 5.03. The first-order chi connectivity index (χ1) is 12.7. The Hall–Kier alpha value is -1.88. The Morgan fingerprint density at radius 3 is 2.44 bits per heavy atom. The van der Waals surface area contributed by atoms with Gasteiger partial charge >= 0.3 is 0 Å². The molecule has 0 aromatic heterocycles. The van der Waals surface area contributed by atoms with Gasteiger partial charge < -0.3 is 15.8 Å². The van der Waals surface area contributed by atoms with Crippen LogP contribution < -0.4 is 11.1 Å². The highest BCUT2D eigenvalue weighted by Gasteiger charge is 2.35. The Bertz CT molecular complexity index is 715. The molecule has 1 fully saturated rings. The minimum absolute atomic E-state index is 0. The molecule has 1 amide bonds. The minimum atomic E-state index is -0.722. The zero-order valence-corrected chi connectivity index (χ0v) is 16.5. The van der Waals surface area contributed by atoms with E-state index in [0.717, 1.165) is 43.4 Å². The number of ether oxygens (including phenoxy) is 1. The van der Waals surface area contributed by atoms with Gasteiger partial charge in [-0.15, -0.1) is 12.4 Å². The molecule has 0 bridgehead atoms. The second-order valence-corrected chi connectivity index (χ2v) is 7.16. The summed E-state index contributed by atoms with van der Waals surface area (Å²) in [6.07, 6.45) is 5.65. The van der Waals surface area contributed by atoms with Gasteiger partial charge in [0.15, 0.2) is 0 Å². The maximum Gasteiger partial charge on any atom is 0.244 e. The topological polar surface area (TPSA) is 64.4 Å². The van der Waals surface area contributed by atoms with Crippen molar-refractivity contribution < 1.29 is 9.53 Å². The van der Waals surface area contributed by atoms with Crippen LogP contribution in [0.4, 0.5) is 5.69 Å². The molecule has 27 heavy (non-hydrogen) atoms. The Labute approximate surface area is 167 Å². The standard InChI is InChI=1S/C22H28N2O2.ClH/c23-22(13-5-2-6-14-22)21(25)24-20-11-7-10-19(16-20)17-26-15-12-18-8-3-1-4-9-18;/h1,3-4,7-11,16H,2,5-6,12-15,17,23H2,(H,24,25);1H. The maximum atomic E-state index is 12.6. The molecule has 0 heterocycles. The molecule has 0 atom stereocenters. The summed E-state index contributed by atoms with van der Waals surface area (Å²) < 4.78 is 5.78. The lowest BCUT2D eigenvalue weighted by atomic mass is 9.82. The maximum absolute atomic E-state index is 12.6. The Kier molecular flexibility index (Phi) is 8.29. The first kappa shape index (κ1) is 21.4. The van der Waals surface area contributed by atoms with Crippen molar-refractivity contribution in [2.24, 2.45) is 5.73 Å². The number of nitrogens with one attached hydrogen (secondary N) is 1. The molecule has 2 aromatic rings. The lowest BCUT2D eigenvalue weighted by molar-refractivity contribution is -0.122. The van der Waals surface area contributed by atoms with Crippen LogP contribution in [0.3, 0.4) is 0 Å². The van der Waals surface area contributed by atoms with Crippen LogP contribution in [0.2, 0.25) is 0 Å². The van der Waals surface area contributed by atoms with Gasteiger partial charge in [-0.1, -0.05) is 61.7 Å². The van der Waals surface area contributed by atoms with Crippen LogP contribution in [-0.4, -0.2) is 18.1 Å². The van der Waals surface area contributed by atoms with Crippen LogP contribution in [0.15, 0.2) is 54.6 Å². The molecule has 5 heteroatoms. The predicted octanol–water partition coefficient (Wildman–Crippen LogP) is 4.47. The highest BCUT2D eigenvalue weighted by atomic mass is 35.5. The second-order valence-electron chi connectivity index (χ2n) is 7.16. The van der Waals surface area contributed by atoms with E-state index in [1.807, 2.05) is 42.5 Å². The summed E-state index contributed by atoms with van der Waals surface area (Å²) in [7, 11) is 0. The van der Waals surface area contributed by atoms with E-state index in [1.54, 1.807) is 0 Å². The summed E-state index contributed by atoms with van der Waals surface area (Å²) in [6.45, 7) is 1.21. The van der Waals surface area contributed by atoms with E-state index in [4.69, 9.17) is 10.5 Å². The van der Waals surface area contributed by atoms with Crippen molar-refractivity contribution in [3.05, 3.63) is 65.7 Å². The average molecular weight is 389 g/mol. The first-order valence-electron chi connectivity index (χ1n) is 9.47. The van der Waals surface area contributed by atoms with Crippen LogP contribution in [0, 0.1) is 0 Å². The van der Waals surface area contributed by atoms with Gasteiger partial charge in [-0.2, -0.15) is 0 Å². The summed E-state index contributed by atoms with van der Waals surface area (Å²) >= 11 is 0. The van der Waals surface area contributed by atoms with E-state index < -0.39 is 5.54 Å². The Morgan fingerprint density at radius 2 is 1.70 bits per heavy atom. The van der Waals surface area contributed by atoms with Gasteiger partial charge in [0, 0.05) is 5.69 Å². The van der Waals surface area contributed by atoms with Crippen molar-refractivity contribution in [3.63, 3.8) is 0 Å². The molecule has 0 saturated heterocycles. The normalized spacial score (nSPS) is 15.6. The van der Waals surface area contributed by atoms with Gasteiger partial charge in [0.25, 0.3) is 0 Å². The third-order valence-electron chi connectivity index (χ3n) is 5.03. The number of anilines is 1. The van der Waals surface area contributed by atoms with Crippen molar-refractivity contribution in [2.45, 2.75) is 50.7 Å². The van der Waals surface area contributed by atoms with Crippen molar-refractivity contribution in [1.82, 2.24) is 0 Å². The highest BCUT2D eigenvalue weighted by Crippen LogP contribution is 2.27.